The van der Waals surface area contributed by atoms with Gasteiger partial charge in [0.1, 0.15) is 18.3 Å². The molecular weight excluding hydrogens is 188 g/mol. The summed E-state index contributed by atoms with van der Waals surface area (Å²) in [6, 6.07) is 0. The summed E-state index contributed by atoms with van der Waals surface area (Å²) in [6.45, 7) is 3.73. The Morgan fingerprint density at radius 1 is 1.07 bits per heavy atom. The smallest absolute Gasteiger partial charge is 0.186 e. The first-order chi connectivity index (χ1) is 6.49. The average molecular weight is 206 g/mol. The zero-order chi connectivity index (χ0) is 10.9. The van der Waals surface area contributed by atoms with Crippen LogP contribution in [0.3, 0.4) is 0 Å². The molecule has 3 N–H and O–H groups in total. The molecule has 5 heteroatoms. The average Bonchev–Trinajstić information content (AvgIpc) is 2.14. The van der Waals surface area contributed by atoms with Crippen molar-refractivity contribution in [3.63, 3.8) is 0 Å². The quantitative estimate of drug-likeness (QED) is 0.545. The number of methoxy groups -OCH3 is 1. The molecule has 1 fully saturated rings. The number of rotatable bonds is 2. The second-order valence-corrected chi connectivity index (χ2v) is 3.92. The topological polar surface area (TPSA) is 79.2 Å². The predicted molar refractivity (Wildman–Crippen MR) is 48.5 cm³/mol. The molecule has 1 rings (SSSR count). The molecule has 5 nitrogen and oxygen atoms in total. The van der Waals surface area contributed by atoms with Crippen molar-refractivity contribution in [1.82, 2.24) is 0 Å². The molecule has 1 heterocycles. The van der Waals surface area contributed by atoms with Crippen molar-refractivity contribution in [2.45, 2.75) is 44.6 Å². The summed E-state index contributed by atoms with van der Waals surface area (Å²) in [7, 11) is 1.38. The van der Waals surface area contributed by atoms with E-state index in [0.29, 0.717) is 0 Å². The van der Waals surface area contributed by atoms with Crippen LogP contribution in [-0.2, 0) is 9.47 Å². The van der Waals surface area contributed by atoms with Gasteiger partial charge in [0, 0.05) is 7.11 Å². The van der Waals surface area contributed by atoms with Crippen LogP contribution in [0.5, 0.6) is 0 Å². The van der Waals surface area contributed by atoms with Crippen LogP contribution in [0, 0.1) is 5.92 Å². The molecule has 0 saturated carbocycles. The van der Waals surface area contributed by atoms with Gasteiger partial charge in [-0.1, -0.05) is 13.8 Å². The zero-order valence-electron chi connectivity index (χ0n) is 8.62. The summed E-state index contributed by atoms with van der Waals surface area (Å²) in [5, 5.41) is 28.6. The second-order valence-electron chi connectivity index (χ2n) is 3.92. The minimum atomic E-state index is -1.22. The molecule has 84 valence electrons. The van der Waals surface area contributed by atoms with Crippen molar-refractivity contribution in [2.24, 2.45) is 5.92 Å². The molecule has 0 unspecified atom stereocenters. The Kier molecular flexibility index (Phi) is 3.86. The highest BCUT2D eigenvalue weighted by Gasteiger charge is 2.44. The van der Waals surface area contributed by atoms with Crippen molar-refractivity contribution in [2.75, 3.05) is 7.11 Å². The van der Waals surface area contributed by atoms with Gasteiger partial charge in [0.25, 0.3) is 0 Å². The minimum Gasteiger partial charge on any atom is -0.388 e. The molecule has 0 aromatic heterocycles. The number of aliphatic hydroxyl groups excluding tert-OH is 3. The molecule has 1 aliphatic rings. The fourth-order valence-corrected chi connectivity index (χ4v) is 1.62. The van der Waals surface area contributed by atoms with Crippen molar-refractivity contribution < 1.29 is 24.8 Å². The zero-order valence-corrected chi connectivity index (χ0v) is 8.62. The minimum absolute atomic E-state index is 0.0461. The van der Waals surface area contributed by atoms with Crippen LogP contribution >= 0.6 is 0 Å². The van der Waals surface area contributed by atoms with E-state index in [1.165, 1.54) is 7.11 Å². The van der Waals surface area contributed by atoms with Gasteiger partial charge in [0.05, 0.1) is 6.10 Å². The molecule has 0 aromatic carbocycles. The summed E-state index contributed by atoms with van der Waals surface area (Å²) < 4.78 is 10.2. The van der Waals surface area contributed by atoms with Gasteiger partial charge < -0.3 is 24.8 Å². The lowest BCUT2D eigenvalue weighted by molar-refractivity contribution is -0.297. The largest absolute Gasteiger partial charge is 0.388 e. The lowest BCUT2D eigenvalue weighted by atomic mass is 9.92. The number of aliphatic hydroxyl groups is 3. The Hall–Kier alpha value is -0.200. The Balaban J connectivity index is 2.73. The molecule has 14 heavy (non-hydrogen) atoms. The third-order valence-corrected chi connectivity index (χ3v) is 2.50. The monoisotopic (exact) mass is 206 g/mol. The highest BCUT2D eigenvalue weighted by atomic mass is 16.7. The Morgan fingerprint density at radius 3 is 2.07 bits per heavy atom. The van der Waals surface area contributed by atoms with E-state index in [1.54, 1.807) is 0 Å². The van der Waals surface area contributed by atoms with Crippen molar-refractivity contribution in [3.8, 4) is 0 Å². The van der Waals surface area contributed by atoms with Crippen LogP contribution in [0.15, 0.2) is 0 Å². The van der Waals surface area contributed by atoms with Crippen molar-refractivity contribution in [1.29, 1.82) is 0 Å². The first-order valence-corrected chi connectivity index (χ1v) is 4.71. The van der Waals surface area contributed by atoms with E-state index in [4.69, 9.17) is 9.47 Å². The Morgan fingerprint density at radius 2 is 1.64 bits per heavy atom. The fourth-order valence-electron chi connectivity index (χ4n) is 1.62. The SMILES string of the molecule is CO[C@@H]1O[C@H](C(C)C)[C@@H](O)[C@H](O)[C@H]1O. The molecule has 0 bridgehead atoms. The first kappa shape index (κ1) is 11.9. The standard InChI is InChI=1S/C9H18O5/c1-4(2)8-6(11)5(10)7(12)9(13-3)14-8/h4-12H,1-3H3/t5-,6-,7+,8+,9+/m0/s1. The van der Waals surface area contributed by atoms with Gasteiger partial charge in [-0.15, -0.1) is 0 Å². The van der Waals surface area contributed by atoms with E-state index in [2.05, 4.69) is 0 Å². The maximum Gasteiger partial charge on any atom is 0.186 e. The highest BCUT2D eigenvalue weighted by molar-refractivity contribution is 4.90. The van der Waals surface area contributed by atoms with Crippen molar-refractivity contribution >= 4 is 0 Å². The summed E-state index contributed by atoms with van der Waals surface area (Å²) in [5.74, 6) is 0.0461. The summed E-state index contributed by atoms with van der Waals surface area (Å²) in [4.78, 5) is 0. The van der Waals surface area contributed by atoms with Crippen LogP contribution in [0.4, 0.5) is 0 Å². The number of ether oxygens (including phenoxy) is 2. The maximum atomic E-state index is 9.60. The van der Waals surface area contributed by atoms with E-state index < -0.39 is 30.7 Å². The number of hydrogen-bond acceptors (Lipinski definition) is 5. The maximum absolute atomic E-state index is 9.60. The van der Waals surface area contributed by atoms with E-state index >= 15 is 0 Å². The Labute approximate surface area is 83.3 Å². The molecule has 1 saturated heterocycles. The van der Waals surface area contributed by atoms with Gasteiger partial charge in [-0.25, -0.2) is 0 Å². The summed E-state index contributed by atoms with van der Waals surface area (Å²) >= 11 is 0. The van der Waals surface area contributed by atoms with Crippen LogP contribution in [0.2, 0.25) is 0 Å². The molecule has 0 aromatic rings. The lowest BCUT2D eigenvalue weighted by Gasteiger charge is -2.41. The van der Waals surface area contributed by atoms with Gasteiger partial charge in [0.15, 0.2) is 6.29 Å². The van der Waals surface area contributed by atoms with Crippen molar-refractivity contribution in [3.05, 3.63) is 0 Å². The third kappa shape index (κ3) is 2.07. The summed E-state index contributed by atoms with van der Waals surface area (Å²) in [5.41, 5.74) is 0. The molecule has 0 spiro atoms. The van der Waals surface area contributed by atoms with Crippen LogP contribution in [0.25, 0.3) is 0 Å². The van der Waals surface area contributed by atoms with Gasteiger partial charge in [0.2, 0.25) is 0 Å². The van der Waals surface area contributed by atoms with Crippen LogP contribution < -0.4 is 0 Å². The molecule has 0 amide bonds. The van der Waals surface area contributed by atoms with Crippen LogP contribution in [0.1, 0.15) is 13.8 Å². The highest BCUT2D eigenvalue weighted by Crippen LogP contribution is 2.25. The van der Waals surface area contributed by atoms with Gasteiger partial charge >= 0.3 is 0 Å². The summed E-state index contributed by atoms with van der Waals surface area (Å²) in [6.07, 6.45) is -4.89. The van der Waals surface area contributed by atoms with Gasteiger partial charge in [-0.2, -0.15) is 0 Å². The molecule has 0 radical (unpaired) electrons. The Bertz CT molecular complexity index is 182. The molecular formula is C9H18O5. The lowest BCUT2D eigenvalue weighted by Crippen LogP contribution is -2.59. The second kappa shape index (κ2) is 4.55. The van der Waals surface area contributed by atoms with E-state index in [9.17, 15) is 15.3 Å². The molecule has 5 atom stereocenters. The fraction of sp³-hybridized carbons (Fsp3) is 1.00. The first-order valence-electron chi connectivity index (χ1n) is 4.71. The predicted octanol–water partition coefficient (Wildman–Crippen LogP) is -0.904. The normalized spacial score (nSPS) is 44.4. The van der Waals surface area contributed by atoms with E-state index in [1.807, 2.05) is 13.8 Å². The van der Waals surface area contributed by atoms with Gasteiger partial charge in [-0.3, -0.25) is 0 Å². The van der Waals surface area contributed by atoms with Gasteiger partial charge in [-0.05, 0) is 5.92 Å². The van der Waals surface area contributed by atoms with E-state index in [0.717, 1.165) is 0 Å². The molecule has 1 aliphatic heterocycles. The van der Waals surface area contributed by atoms with E-state index in [-0.39, 0.29) is 5.92 Å². The van der Waals surface area contributed by atoms with Crippen LogP contribution in [-0.4, -0.2) is 53.1 Å². The third-order valence-electron chi connectivity index (χ3n) is 2.50. The number of hydrogen-bond donors (Lipinski definition) is 3. The molecule has 0 aliphatic carbocycles.